The number of likely N-dealkylation sites (N-methyl/N-ethyl adjacent to an activating group) is 1. The first-order chi connectivity index (χ1) is 7.68. The largest absolute Gasteiger partial charge is 0.385 e. The van der Waals surface area contributed by atoms with E-state index in [0.29, 0.717) is 6.67 Å². The molecule has 0 atom stereocenters. The highest BCUT2D eigenvalue weighted by molar-refractivity contribution is 5.91. The standard InChI is InChI=1S/C11H21N3O2/c1-14(2)11(15)6-4-7-12-10-13-8-5-9-16-3/h4,6-7,13H,5,8-10H2,1-3H3/b6-4+,12-7-. The molecule has 0 aromatic carbocycles. The quantitative estimate of drug-likeness (QED) is 0.368. The van der Waals surface area contributed by atoms with Crippen molar-refractivity contribution in [3.05, 3.63) is 12.2 Å². The molecule has 0 unspecified atom stereocenters. The van der Waals surface area contributed by atoms with Crippen LogP contribution in [0.4, 0.5) is 0 Å². The number of aliphatic imine (C=N–C) groups is 1. The van der Waals surface area contributed by atoms with Crippen LogP contribution in [0.5, 0.6) is 0 Å². The van der Waals surface area contributed by atoms with Gasteiger partial charge in [0.15, 0.2) is 0 Å². The normalized spacial score (nSPS) is 11.4. The number of nitrogens with zero attached hydrogens (tertiary/aromatic N) is 2. The number of amides is 1. The van der Waals surface area contributed by atoms with Gasteiger partial charge in [0.05, 0.1) is 6.67 Å². The van der Waals surface area contributed by atoms with E-state index >= 15 is 0 Å². The highest BCUT2D eigenvalue weighted by atomic mass is 16.5. The summed E-state index contributed by atoms with van der Waals surface area (Å²) in [6, 6.07) is 0. The number of carbonyl (C=O) groups is 1. The molecule has 0 fully saturated rings. The fraction of sp³-hybridized carbons (Fsp3) is 0.636. The lowest BCUT2D eigenvalue weighted by Gasteiger charge is -2.04. The number of ether oxygens (including phenoxy) is 1. The molecule has 5 heteroatoms. The van der Waals surface area contributed by atoms with Gasteiger partial charge in [-0.25, -0.2) is 0 Å². The van der Waals surface area contributed by atoms with Crippen molar-refractivity contribution in [3.63, 3.8) is 0 Å². The first kappa shape index (κ1) is 14.8. The highest BCUT2D eigenvalue weighted by Crippen LogP contribution is 1.80. The van der Waals surface area contributed by atoms with Gasteiger partial charge < -0.3 is 9.64 Å². The topological polar surface area (TPSA) is 53.9 Å². The van der Waals surface area contributed by atoms with Crippen LogP contribution in [0, 0.1) is 0 Å². The molecule has 0 spiro atoms. The molecule has 92 valence electrons. The van der Waals surface area contributed by atoms with Gasteiger partial charge in [0, 0.05) is 40.1 Å². The number of rotatable bonds is 8. The third-order valence-corrected chi connectivity index (χ3v) is 1.78. The second kappa shape index (κ2) is 10.3. The molecule has 0 bridgehead atoms. The third kappa shape index (κ3) is 9.36. The molecule has 0 aliphatic rings. The van der Waals surface area contributed by atoms with E-state index in [1.807, 2.05) is 0 Å². The van der Waals surface area contributed by atoms with E-state index < -0.39 is 0 Å². The van der Waals surface area contributed by atoms with Crippen LogP contribution in [0.2, 0.25) is 0 Å². The maximum atomic E-state index is 11.1. The van der Waals surface area contributed by atoms with Gasteiger partial charge in [0.1, 0.15) is 0 Å². The molecule has 0 saturated carbocycles. The Bertz CT molecular complexity index is 237. The summed E-state index contributed by atoms with van der Waals surface area (Å²) in [6.07, 6.45) is 5.71. The lowest BCUT2D eigenvalue weighted by atomic mass is 10.4. The van der Waals surface area contributed by atoms with Crippen LogP contribution in [-0.2, 0) is 9.53 Å². The van der Waals surface area contributed by atoms with E-state index in [1.54, 1.807) is 33.5 Å². The average molecular weight is 227 g/mol. The molecule has 16 heavy (non-hydrogen) atoms. The summed E-state index contributed by atoms with van der Waals surface area (Å²) in [6.45, 7) is 2.20. The smallest absolute Gasteiger partial charge is 0.246 e. The van der Waals surface area contributed by atoms with Gasteiger partial charge >= 0.3 is 0 Å². The number of hydrogen-bond donors (Lipinski definition) is 1. The zero-order valence-corrected chi connectivity index (χ0v) is 10.3. The van der Waals surface area contributed by atoms with Gasteiger partial charge in [-0.15, -0.1) is 0 Å². The van der Waals surface area contributed by atoms with Crippen LogP contribution in [0.3, 0.4) is 0 Å². The van der Waals surface area contributed by atoms with Gasteiger partial charge in [-0.1, -0.05) is 0 Å². The van der Waals surface area contributed by atoms with Gasteiger partial charge in [0.2, 0.25) is 5.91 Å². The predicted octanol–water partition coefficient (Wildman–Crippen LogP) is 0.285. The Labute approximate surface area is 97.2 Å². The Morgan fingerprint density at radius 2 is 2.25 bits per heavy atom. The fourth-order valence-corrected chi connectivity index (χ4v) is 0.873. The summed E-state index contributed by atoms with van der Waals surface area (Å²) in [5, 5.41) is 3.12. The van der Waals surface area contributed by atoms with Crippen molar-refractivity contribution in [2.24, 2.45) is 4.99 Å². The van der Waals surface area contributed by atoms with Crippen molar-refractivity contribution >= 4 is 12.1 Å². The average Bonchev–Trinajstić information content (AvgIpc) is 2.26. The summed E-state index contributed by atoms with van der Waals surface area (Å²) in [7, 11) is 5.10. The molecule has 0 aromatic rings. The van der Waals surface area contributed by atoms with Crippen LogP contribution in [-0.4, -0.2) is 58.0 Å². The Kier molecular flexibility index (Phi) is 9.55. The van der Waals surface area contributed by atoms with Crippen molar-refractivity contribution in [2.75, 3.05) is 41.0 Å². The Balaban J connectivity index is 3.44. The van der Waals surface area contributed by atoms with E-state index in [9.17, 15) is 4.79 Å². The van der Waals surface area contributed by atoms with E-state index in [0.717, 1.165) is 19.6 Å². The SMILES string of the molecule is COCCCNC/N=C\C=C\C(=O)N(C)C. The van der Waals surface area contributed by atoms with Crippen molar-refractivity contribution in [1.82, 2.24) is 10.2 Å². The predicted molar refractivity (Wildman–Crippen MR) is 65.7 cm³/mol. The molecule has 0 aliphatic carbocycles. The van der Waals surface area contributed by atoms with Crippen molar-refractivity contribution in [2.45, 2.75) is 6.42 Å². The Hall–Kier alpha value is -1.20. The van der Waals surface area contributed by atoms with Crippen molar-refractivity contribution in [1.29, 1.82) is 0 Å². The van der Waals surface area contributed by atoms with Crippen LogP contribution in [0.25, 0.3) is 0 Å². The second-order valence-electron chi connectivity index (χ2n) is 3.43. The Morgan fingerprint density at radius 3 is 2.88 bits per heavy atom. The van der Waals surface area contributed by atoms with E-state index in [4.69, 9.17) is 4.74 Å². The minimum absolute atomic E-state index is 0.0421. The molecule has 0 saturated heterocycles. The van der Waals surface area contributed by atoms with Gasteiger partial charge in [-0.3, -0.25) is 15.1 Å². The summed E-state index contributed by atoms with van der Waals surface area (Å²) in [4.78, 5) is 16.7. The molecule has 5 nitrogen and oxygen atoms in total. The summed E-state index contributed by atoms with van der Waals surface area (Å²) in [5.74, 6) is -0.0421. The number of carbonyl (C=O) groups excluding carboxylic acids is 1. The number of methoxy groups -OCH3 is 1. The fourth-order valence-electron chi connectivity index (χ4n) is 0.873. The molecule has 0 aliphatic heterocycles. The lowest BCUT2D eigenvalue weighted by molar-refractivity contribution is -0.123. The molecule has 0 rings (SSSR count). The van der Waals surface area contributed by atoms with Crippen LogP contribution < -0.4 is 5.32 Å². The lowest BCUT2D eigenvalue weighted by Crippen LogP contribution is -2.18. The highest BCUT2D eigenvalue weighted by Gasteiger charge is 1.94. The molecule has 1 amide bonds. The number of allylic oxidation sites excluding steroid dienone is 1. The van der Waals surface area contributed by atoms with Gasteiger partial charge in [-0.05, 0) is 19.0 Å². The summed E-state index contributed by atoms with van der Waals surface area (Å²) >= 11 is 0. The molecular formula is C11H21N3O2. The van der Waals surface area contributed by atoms with E-state index in [-0.39, 0.29) is 5.91 Å². The first-order valence-corrected chi connectivity index (χ1v) is 5.26. The second-order valence-corrected chi connectivity index (χ2v) is 3.43. The van der Waals surface area contributed by atoms with Gasteiger partial charge in [0.25, 0.3) is 0 Å². The maximum absolute atomic E-state index is 11.1. The van der Waals surface area contributed by atoms with Gasteiger partial charge in [-0.2, -0.15) is 0 Å². The number of nitrogens with one attached hydrogen (secondary N) is 1. The van der Waals surface area contributed by atoms with Crippen LogP contribution in [0.15, 0.2) is 17.1 Å². The minimum Gasteiger partial charge on any atom is -0.385 e. The zero-order valence-electron chi connectivity index (χ0n) is 10.3. The Morgan fingerprint density at radius 1 is 1.50 bits per heavy atom. The molecule has 1 N–H and O–H groups in total. The molecule has 0 heterocycles. The summed E-state index contributed by atoms with van der Waals surface area (Å²) in [5.41, 5.74) is 0. The number of hydrogen-bond acceptors (Lipinski definition) is 4. The third-order valence-electron chi connectivity index (χ3n) is 1.78. The van der Waals surface area contributed by atoms with E-state index in [2.05, 4.69) is 10.3 Å². The first-order valence-electron chi connectivity index (χ1n) is 5.26. The monoisotopic (exact) mass is 227 g/mol. The van der Waals surface area contributed by atoms with Crippen molar-refractivity contribution in [3.8, 4) is 0 Å². The summed E-state index contributed by atoms with van der Waals surface area (Å²) < 4.78 is 4.90. The maximum Gasteiger partial charge on any atom is 0.246 e. The van der Waals surface area contributed by atoms with E-state index in [1.165, 1.54) is 11.0 Å². The van der Waals surface area contributed by atoms with Crippen molar-refractivity contribution < 1.29 is 9.53 Å². The zero-order chi connectivity index (χ0) is 12.2. The minimum atomic E-state index is -0.0421. The molecular weight excluding hydrogens is 206 g/mol. The van der Waals surface area contributed by atoms with Crippen LogP contribution >= 0.6 is 0 Å². The van der Waals surface area contributed by atoms with Crippen LogP contribution in [0.1, 0.15) is 6.42 Å². The molecule has 0 aromatic heterocycles. The molecule has 0 radical (unpaired) electrons.